The summed E-state index contributed by atoms with van der Waals surface area (Å²) < 4.78 is 6.82. The molecule has 1 aromatic carbocycles. The lowest BCUT2D eigenvalue weighted by Gasteiger charge is -2.08. The standard InChI is InChI=1S/C15H18N6O/c1-21-14-12(8-18-21)13(16)19-15(20-14)17-7-10-4-3-5-11(6-10)9-22-2/h3-6,8H,7,9H2,1-2H3,(H3,16,17,19,20). The van der Waals surface area contributed by atoms with Gasteiger partial charge < -0.3 is 15.8 Å². The maximum absolute atomic E-state index is 5.94. The molecule has 0 aliphatic rings. The number of aromatic nitrogens is 4. The van der Waals surface area contributed by atoms with Gasteiger partial charge in [0.1, 0.15) is 5.82 Å². The topological polar surface area (TPSA) is 90.9 Å². The zero-order valence-corrected chi connectivity index (χ0v) is 12.6. The first-order valence-corrected chi connectivity index (χ1v) is 6.93. The fraction of sp³-hybridized carbons (Fsp3) is 0.267. The van der Waals surface area contributed by atoms with E-state index >= 15 is 0 Å². The van der Waals surface area contributed by atoms with E-state index in [0.29, 0.717) is 30.6 Å². The van der Waals surface area contributed by atoms with Crippen LogP contribution in [-0.4, -0.2) is 26.9 Å². The third-order valence-corrected chi connectivity index (χ3v) is 3.37. The number of nitrogens with two attached hydrogens (primary N) is 1. The van der Waals surface area contributed by atoms with Gasteiger partial charge in [0.15, 0.2) is 5.65 Å². The Bertz CT molecular complexity index is 798. The van der Waals surface area contributed by atoms with Crippen molar-refractivity contribution in [2.24, 2.45) is 7.05 Å². The highest BCUT2D eigenvalue weighted by Gasteiger charge is 2.09. The zero-order chi connectivity index (χ0) is 15.5. The van der Waals surface area contributed by atoms with Crippen molar-refractivity contribution >= 4 is 22.8 Å². The molecular formula is C15H18N6O. The van der Waals surface area contributed by atoms with E-state index in [4.69, 9.17) is 10.5 Å². The van der Waals surface area contributed by atoms with Crippen LogP contribution in [-0.2, 0) is 24.9 Å². The quantitative estimate of drug-likeness (QED) is 0.745. The highest BCUT2D eigenvalue weighted by Crippen LogP contribution is 2.18. The summed E-state index contributed by atoms with van der Waals surface area (Å²) in [5.41, 5.74) is 8.91. The zero-order valence-electron chi connectivity index (χ0n) is 12.6. The highest BCUT2D eigenvalue weighted by atomic mass is 16.5. The van der Waals surface area contributed by atoms with Crippen LogP contribution in [0.1, 0.15) is 11.1 Å². The van der Waals surface area contributed by atoms with E-state index < -0.39 is 0 Å². The number of aryl methyl sites for hydroxylation is 1. The number of hydrogen-bond donors (Lipinski definition) is 2. The second-order valence-electron chi connectivity index (χ2n) is 5.04. The van der Waals surface area contributed by atoms with Gasteiger partial charge >= 0.3 is 0 Å². The Kier molecular flexibility index (Phi) is 3.88. The molecule has 0 unspecified atom stereocenters. The minimum atomic E-state index is 0.425. The molecule has 0 atom stereocenters. The van der Waals surface area contributed by atoms with Crippen LogP contribution >= 0.6 is 0 Å². The first-order valence-electron chi connectivity index (χ1n) is 6.93. The molecular weight excluding hydrogens is 280 g/mol. The Morgan fingerprint density at radius 1 is 1.27 bits per heavy atom. The third kappa shape index (κ3) is 2.84. The van der Waals surface area contributed by atoms with Crippen LogP contribution in [0.2, 0.25) is 0 Å². The number of nitrogens with one attached hydrogen (secondary N) is 1. The monoisotopic (exact) mass is 298 g/mol. The van der Waals surface area contributed by atoms with Crippen molar-refractivity contribution < 1.29 is 4.74 Å². The molecule has 2 heterocycles. The molecule has 0 amide bonds. The molecule has 0 bridgehead atoms. The van der Waals surface area contributed by atoms with Crippen LogP contribution in [0.15, 0.2) is 30.5 Å². The number of anilines is 2. The van der Waals surface area contributed by atoms with E-state index in [1.54, 1.807) is 18.0 Å². The average Bonchev–Trinajstić information content (AvgIpc) is 2.88. The molecule has 0 aliphatic carbocycles. The molecule has 0 aliphatic heterocycles. The molecule has 114 valence electrons. The third-order valence-electron chi connectivity index (χ3n) is 3.37. The Morgan fingerprint density at radius 3 is 2.91 bits per heavy atom. The van der Waals surface area contributed by atoms with Gasteiger partial charge in [-0.2, -0.15) is 15.1 Å². The van der Waals surface area contributed by atoms with Gasteiger partial charge in [-0.25, -0.2) is 0 Å². The van der Waals surface area contributed by atoms with Crippen molar-refractivity contribution in [3.05, 3.63) is 41.6 Å². The van der Waals surface area contributed by atoms with Crippen molar-refractivity contribution in [1.29, 1.82) is 0 Å². The van der Waals surface area contributed by atoms with E-state index in [0.717, 1.165) is 16.5 Å². The molecule has 7 heteroatoms. The minimum Gasteiger partial charge on any atom is -0.383 e. The summed E-state index contributed by atoms with van der Waals surface area (Å²) in [5.74, 6) is 0.916. The molecule has 0 spiro atoms. The van der Waals surface area contributed by atoms with Crippen LogP contribution in [0.5, 0.6) is 0 Å². The maximum Gasteiger partial charge on any atom is 0.226 e. The molecule has 2 aromatic heterocycles. The van der Waals surface area contributed by atoms with Gasteiger partial charge in [0.25, 0.3) is 0 Å². The molecule has 3 N–H and O–H groups in total. The number of nitrogen functional groups attached to an aromatic ring is 1. The summed E-state index contributed by atoms with van der Waals surface area (Å²) in [7, 11) is 3.51. The van der Waals surface area contributed by atoms with Crippen LogP contribution in [0.3, 0.4) is 0 Å². The second-order valence-corrected chi connectivity index (χ2v) is 5.04. The van der Waals surface area contributed by atoms with E-state index in [2.05, 4.69) is 26.4 Å². The number of benzene rings is 1. The molecule has 0 saturated carbocycles. The second kappa shape index (κ2) is 5.98. The van der Waals surface area contributed by atoms with Gasteiger partial charge in [-0.05, 0) is 11.1 Å². The van der Waals surface area contributed by atoms with Gasteiger partial charge in [0, 0.05) is 20.7 Å². The van der Waals surface area contributed by atoms with E-state index in [1.165, 1.54) is 0 Å². The number of fused-ring (bicyclic) bond motifs is 1. The van der Waals surface area contributed by atoms with E-state index in [-0.39, 0.29) is 0 Å². The molecule has 0 radical (unpaired) electrons. The van der Waals surface area contributed by atoms with Crippen LogP contribution < -0.4 is 11.1 Å². The van der Waals surface area contributed by atoms with Crippen LogP contribution in [0.25, 0.3) is 11.0 Å². The first-order chi connectivity index (χ1) is 10.7. The molecule has 22 heavy (non-hydrogen) atoms. The summed E-state index contributed by atoms with van der Waals surface area (Å²) in [4.78, 5) is 8.71. The van der Waals surface area contributed by atoms with Gasteiger partial charge in [0.05, 0.1) is 18.2 Å². The molecule has 0 saturated heterocycles. The van der Waals surface area contributed by atoms with E-state index in [1.807, 2.05) is 25.2 Å². The summed E-state index contributed by atoms with van der Waals surface area (Å²) in [6.07, 6.45) is 1.67. The van der Waals surface area contributed by atoms with Crippen molar-refractivity contribution in [2.75, 3.05) is 18.2 Å². The lowest BCUT2D eigenvalue weighted by atomic mass is 10.1. The number of ether oxygens (including phenoxy) is 1. The van der Waals surface area contributed by atoms with Crippen LogP contribution in [0.4, 0.5) is 11.8 Å². The van der Waals surface area contributed by atoms with E-state index in [9.17, 15) is 0 Å². The molecule has 3 aromatic rings. The van der Waals surface area contributed by atoms with Crippen molar-refractivity contribution in [1.82, 2.24) is 19.7 Å². The highest BCUT2D eigenvalue weighted by molar-refractivity contribution is 5.86. The number of nitrogens with zero attached hydrogens (tertiary/aromatic N) is 4. The average molecular weight is 298 g/mol. The molecule has 3 rings (SSSR count). The van der Waals surface area contributed by atoms with Crippen LogP contribution in [0, 0.1) is 0 Å². The summed E-state index contributed by atoms with van der Waals surface area (Å²) in [5, 5.41) is 8.10. The molecule has 0 fully saturated rings. The smallest absolute Gasteiger partial charge is 0.226 e. The summed E-state index contributed by atoms with van der Waals surface area (Å²) >= 11 is 0. The largest absolute Gasteiger partial charge is 0.383 e. The van der Waals surface area contributed by atoms with Gasteiger partial charge in [-0.15, -0.1) is 0 Å². The fourth-order valence-electron chi connectivity index (χ4n) is 2.30. The van der Waals surface area contributed by atoms with Crippen molar-refractivity contribution in [2.45, 2.75) is 13.2 Å². The van der Waals surface area contributed by atoms with Gasteiger partial charge in [0.2, 0.25) is 5.95 Å². The molecule has 7 nitrogen and oxygen atoms in total. The Morgan fingerprint density at radius 2 is 2.09 bits per heavy atom. The number of rotatable bonds is 5. The number of methoxy groups -OCH3 is 1. The summed E-state index contributed by atoms with van der Waals surface area (Å²) in [6.45, 7) is 1.21. The number of hydrogen-bond acceptors (Lipinski definition) is 6. The minimum absolute atomic E-state index is 0.425. The van der Waals surface area contributed by atoms with Crippen molar-refractivity contribution in [3.8, 4) is 0 Å². The van der Waals surface area contributed by atoms with Crippen molar-refractivity contribution in [3.63, 3.8) is 0 Å². The Labute approximate surface area is 128 Å². The lowest BCUT2D eigenvalue weighted by Crippen LogP contribution is -2.07. The fourth-order valence-corrected chi connectivity index (χ4v) is 2.30. The Balaban J connectivity index is 1.79. The maximum atomic E-state index is 5.94. The normalized spacial score (nSPS) is 11.0. The predicted octanol–water partition coefficient (Wildman–Crippen LogP) is 1.70. The van der Waals surface area contributed by atoms with Gasteiger partial charge in [-0.1, -0.05) is 24.3 Å². The lowest BCUT2D eigenvalue weighted by molar-refractivity contribution is 0.185. The SMILES string of the molecule is COCc1cccc(CNc2nc(N)c3cnn(C)c3n2)c1. The summed E-state index contributed by atoms with van der Waals surface area (Å²) in [6, 6.07) is 8.16. The van der Waals surface area contributed by atoms with Gasteiger partial charge in [-0.3, -0.25) is 4.68 Å². The predicted molar refractivity (Wildman–Crippen MR) is 85.2 cm³/mol. The first kappa shape index (κ1) is 14.3. The Hall–Kier alpha value is -2.67.